The molecular weight excluding hydrogens is 634 g/mol. The predicted octanol–water partition coefficient (Wildman–Crippen LogP) is 0.478. The van der Waals surface area contributed by atoms with Crippen LogP contribution in [0, 0.1) is 0 Å². The van der Waals surface area contributed by atoms with Crippen LogP contribution in [0.3, 0.4) is 0 Å². The number of aliphatic hydroxyl groups excluding tert-OH is 2. The number of aromatic nitrogens is 8. The Morgan fingerprint density at radius 3 is 1.86 bits per heavy atom. The quantitative estimate of drug-likeness (QED) is 0.127. The lowest BCUT2D eigenvalue weighted by atomic mass is 10.1. The Hall–Kier alpha value is -2.06. The Kier molecular flexibility index (Phi) is 7.83. The molecule has 4 aromatic rings. The van der Waals surface area contributed by atoms with Gasteiger partial charge >= 0.3 is 0 Å². The van der Waals surface area contributed by atoms with E-state index in [9.17, 15) is 10.2 Å². The molecule has 0 aliphatic carbocycles. The van der Waals surface area contributed by atoms with E-state index >= 15 is 0 Å². The minimum Gasteiger partial charge on any atom is -0.387 e. The highest BCUT2D eigenvalue weighted by Gasteiger charge is 2.50. The molecule has 0 aromatic carbocycles. The maximum absolute atomic E-state index is 11.3. The lowest BCUT2D eigenvalue weighted by Gasteiger charge is -2.26. The Bertz CT molecular complexity index is 1610. The van der Waals surface area contributed by atoms with Crippen molar-refractivity contribution in [3.8, 4) is 0 Å². The van der Waals surface area contributed by atoms with E-state index in [1.807, 2.05) is 0 Å². The maximum atomic E-state index is 11.3. The molecule has 0 radical (unpaired) electrons. The molecule has 10 atom stereocenters. The molecule has 4 aromatic heterocycles. The van der Waals surface area contributed by atoms with Crippen LogP contribution in [0.1, 0.15) is 12.5 Å². The molecule has 0 amide bonds. The highest BCUT2D eigenvalue weighted by Crippen LogP contribution is 2.53. The predicted molar refractivity (Wildman–Crippen MR) is 153 cm³/mol. The number of nitrogens with zero attached hydrogens (tertiary/aromatic N) is 8. The van der Waals surface area contributed by atoms with E-state index in [-0.39, 0.29) is 24.8 Å². The summed E-state index contributed by atoms with van der Waals surface area (Å²) in [6.45, 7) is -0.203. The number of aliphatic hydroxyl groups is 2. The molecule has 2 bridgehead atoms. The third-order valence-electron chi connectivity index (χ3n) is 7.07. The number of imidazole rings is 2. The largest absolute Gasteiger partial charge is 0.387 e. The summed E-state index contributed by atoms with van der Waals surface area (Å²) in [5.74, 6) is 0.385. The van der Waals surface area contributed by atoms with E-state index in [4.69, 9.17) is 39.0 Å². The fourth-order valence-electron chi connectivity index (χ4n) is 5.06. The van der Waals surface area contributed by atoms with Gasteiger partial charge in [0.1, 0.15) is 60.3 Å². The van der Waals surface area contributed by atoms with Crippen LogP contribution >= 0.6 is 39.7 Å². The lowest BCUT2D eigenvalue weighted by Crippen LogP contribution is -2.35. The molecule has 7 rings (SSSR count). The third kappa shape index (κ3) is 4.98. The summed E-state index contributed by atoms with van der Waals surface area (Å²) < 4.78 is 39.3. The molecule has 224 valence electrons. The summed E-state index contributed by atoms with van der Waals surface area (Å²) in [7, 11) is -3.77. The Morgan fingerprint density at radius 1 is 0.714 bits per heavy atom. The van der Waals surface area contributed by atoms with Crippen LogP contribution in [-0.4, -0.2) is 99.1 Å². The van der Waals surface area contributed by atoms with Crippen LogP contribution in [0.2, 0.25) is 0 Å². The molecular formula is C20H24N10O8P2S2. The molecule has 6 N–H and O–H groups in total. The molecule has 22 heteroatoms. The molecule has 3 saturated heterocycles. The zero-order valence-corrected chi connectivity index (χ0v) is 24.8. The molecule has 18 nitrogen and oxygen atoms in total. The van der Waals surface area contributed by atoms with Gasteiger partial charge in [0.15, 0.2) is 35.4 Å². The van der Waals surface area contributed by atoms with Crippen LogP contribution in [0.4, 0.5) is 11.6 Å². The van der Waals surface area contributed by atoms with Gasteiger partial charge in [-0.3, -0.25) is 9.13 Å². The molecule has 7 heterocycles. The summed E-state index contributed by atoms with van der Waals surface area (Å²) in [5.41, 5.74) is 13.4. The van der Waals surface area contributed by atoms with Gasteiger partial charge in [0, 0.05) is 0 Å². The van der Waals surface area contributed by atoms with E-state index in [0.29, 0.717) is 22.3 Å². The van der Waals surface area contributed by atoms with E-state index < -0.39 is 64.2 Å². The Balaban J connectivity index is 1.15. The Morgan fingerprint density at radius 2 is 1.24 bits per heavy atom. The minimum atomic E-state index is -1.90. The average Bonchev–Trinajstić information content (AvgIpc) is 3.73. The average molecular weight is 659 g/mol. The van der Waals surface area contributed by atoms with Crippen molar-refractivity contribution in [3.05, 3.63) is 25.3 Å². The van der Waals surface area contributed by atoms with Crippen molar-refractivity contribution >= 4 is 73.6 Å². The standard InChI is InChI=1S/C20H24N10O8P2S2/c21-15-9-17(25-3-23-15)29(5-27-9)19-12(32)13-8(36-19)2-34-40(42)38-14-11(31)7(1-33-39(41)37-13)35-20(14)30-6-28-10-16(22)24-4-26-18(10)30/h3-8,11-14,19-20,31-32,41-42H,1-2H2,(H2,21,23,25)(H2,22,24,26). The number of hydrogen-bond acceptors (Lipinski definition) is 18. The topological polar surface area (TPSA) is 235 Å². The summed E-state index contributed by atoms with van der Waals surface area (Å²) >= 11 is 8.96. The van der Waals surface area contributed by atoms with Crippen molar-refractivity contribution in [3.63, 3.8) is 0 Å². The van der Waals surface area contributed by atoms with Gasteiger partial charge < -0.3 is 49.2 Å². The number of ether oxygens (including phenoxy) is 2. The van der Waals surface area contributed by atoms with E-state index in [2.05, 4.69) is 54.4 Å². The number of hydrogen-bond donors (Lipinski definition) is 6. The summed E-state index contributed by atoms with van der Waals surface area (Å²) in [5, 5.41) is 22.4. The van der Waals surface area contributed by atoms with E-state index in [1.165, 1.54) is 25.3 Å². The zero-order valence-electron chi connectivity index (χ0n) is 21.2. The van der Waals surface area contributed by atoms with Crippen LogP contribution in [0.5, 0.6) is 0 Å². The van der Waals surface area contributed by atoms with Crippen LogP contribution < -0.4 is 11.5 Å². The second kappa shape index (κ2) is 11.5. The van der Waals surface area contributed by atoms with Crippen molar-refractivity contribution < 1.29 is 37.8 Å². The van der Waals surface area contributed by atoms with Crippen molar-refractivity contribution in [1.29, 1.82) is 0 Å². The first-order valence-electron chi connectivity index (χ1n) is 12.4. The number of thiol groups is 2. The number of rotatable bonds is 2. The maximum Gasteiger partial charge on any atom is 0.235 e. The van der Waals surface area contributed by atoms with E-state index in [1.54, 1.807) is 9.13 Å². The Labute approximate surface area is 249 Å². The highest BCUT2D eigenvalue weighted by atomic mass is 32.7. The zero-order chi connectivity index (χ0) is 29.1. The van der Waals surface area contributed by atoms with Gasteiger partial charge in [-0.25, -0.2) is 29.9 Å². The molecule has 0 spiro atoms. The molecule has 10 unspecified atom stereocenters. The second-order valence-electron chi connectivity index (χ2n) is 9.48. The monoisotopic (exact) mass is 658 g/mol. The lowest BCUT2D eigenvalue weighted by molar-refractivity contribution is -0.0537. The van der Waals surface area contributed by atoms with Gasteiger partial charge in [0.25, 0.3) is 0 Å². The summed E-state index contributed by atoms with van der Waals surface area (Å²) in [6.07, 6.45) is -2.19. The van der Waals surface area contributed by atoms with Crippen LogP contribution in [0.25, 0.3) is 22.3 Å². The van der Waals surface area contributed by atoms with E-state index in [0.717, 1.165) is 0 Å². The van der Waals surface area contributed by atoms with Crippen molar-refractivity contribution in [1.82, 2.24) is 39.0 Å². The number of anilines is 2. The van der Waals surface area contributed by atoms with Crippen molar-refractivity contribution in [2.24, 2.45) is 0 Å². The molecule has 3 aliphatic heterocycles. The smallest absolute Gasteiger partial charge is 0.235 e. The molecule has 42 heavy (non-hydrogen) atoms. The van der Waals surface area contributed by atoms with Gasteiger partial charge in [-0.05, 0) is 0 Å². The fourth-order valence-corrected chi connectivity index (χ4v) is 7.69. The number of nitrogens with two attached hydrogens (primary N) is 2. The highest BCUT2D eigenvalue weighted by molar-refractivity contribution is 8.42. The van der Waals surface area contributed by atoms with Gasteiger partial charge in [0.05, 0.1) is 25.9 Å². The number of fused-ring (bicyclic) bond motifs is 5. The summed E-state index contributed by atoms with van der Waals surface area (Å²) in [4.78, 5) is 24.9. The van der Waals surface area contributed by atoms with Gasteiger partial charge in [-0.15, -0.1) is 0 Å². The molecule has 3 aliphatic rings. The molecule has 3 fully saturated rings. The molecule has 0 saturated carbocycles. The summed E-state index contributed by atoms with van der Waals surface area (Å²) in [6, 6.07) is 0. The first-order chi connectivity index (χ1) is 20.3. The number of nitrogen functional groups attached to an aromatic ring is 2. The second-order valence-corrected chi connectivity index (χ2v) is 13.3. The van der Waals surface area contributed by atoms with Crippen LogP contribution in [0.15, 0.2) is 25.3 Å². The third-order valence-corrected chi connectivity index (χ3v) is 9.91. The van der Waals surface area contributed by atoms with Crippen molar-refractivity contribution in [2.45, 2.75) is 49.1 Å². The first kappa shape index (κ1) is 28.7. The van der Waals surface area contributed by atoms with Crippen LogP contribution in [-0.2, 0) is 27.6 Å². The normalized spacial score (nSPS) is 36.0. The SMILES string of the molecule is Nc1ncnc2c1ncn2C1OC2COP(S)OC3C(O)C(COP(S)OC2C1O)OC3n1cnc2c(N)ncnc21. The van der Waals surface area contributed by atoms with Gasteiger partial charge in [-0.1, -0.05) is 24.5 Å². The fraction of sp³-hybridized carbons (Fsp3) is 0.500. The minimum absolute atomic E-state index is 0.0936. The van der Waals surface area contributed by atoms with Gasteiger partial charge in [0.2, 0.25) is 15.2 Å². The van der Waals surface area contributed by atoms with Gasteiger partial charge in [-0.2, -0.15) is 0 Å². The van der Waals surface area contributed by atoms with Crippen molar-refractivity contribution in [2.75, 3.05) is 24.7 Å². The first-order valence-corrected chi connectivity index (χ1v) is 17.1.